The maximum Gasteiger partial charge on any atom is 0.226 e. The molecule has 2 aliphatic rings. The second-order valence-corrected chi connectivity index (χ2v) is 8.17. The summed E-state index contributed by atoms with van der Waals surface area (Å²) in [5, 5.41) is 4.17. The standard InChI is InChI=1S/C22H26FN5O3/c1-14(29)26-10-7-15(8-11-26)22(31)27-9-3-6-19(27)20(30)18-13-25-28(21(18)24)17-5-2-4-16(23)12-17/h2,4-5,12-13,15,19H,3,6-11,24H2,1H3/t19-/m0/s1. The quantitative estimate of drug-likeness (QED) is 0.753. The van der Waals surface area contributed by atoms with Crippen molar-refractivity contribution < 1.29 is 18.8 Å². The first-order valence-corrected chi connectivity index (χ1v) is 10.6. The van der Waals surface area contributed by atoms with Crippen molar-refractivity contribution in [3.63, 3.8) is 0 Å². The van der Waals surface area contributed by atoms with Crippen LogP contribution in [0.1, 0.15) is 43.0 Å². The van der Waals surface area contributed by atoms with Crippen LogP contribution < -0.4 is 5.73 Å². The number of piperidine rings is 1. The number of aromatic nitrogens is 2. The molecule has 0 radical (unpaired) electrons. The van der Waals surface area contributed by atoms with Gasteiger partial charge in [-0.05, 0) is 43.9 Å². The zero-order valence-electron chi connectivity index (χ0n) is 17.5. The van der Waals surface area contributed by atoms with Gasteiger partial charge < -0.3 is 15.5 Å². The van der Waals surface area contributed by atoms with Crippen molar-refractivity contribution in [1.29, 1.82) is 0 Å². The number of hydrogen-bond donors (Lipinski definition) is 1. The fourth-order valence-corrected chi connectivity index (χ4v) is 4.52. The largest absolute Gasteiger partial charge is 0.383 e. The fourth-order valence-electron chi connectivity index (χ4n) is 4.52. The highest BCUT2D eigenvalue weighted by Crippen LogP contribution is 2.29. The molecule has 2 aliphatic heterocycles. The first-order chi connectivity index (χ1) is 14.9. The van der Waals surface area contributed by atoms with Crippen molar-refractivity contribution in [2.24, 2.45) is 5.92 Å². The molecular formula is C22H26FN5O3. The Morgan fingerprint density at radius 1 is 1.13 bits per heavy atom. The van der Waals surface area contributed by atoms with Gasteiger partial charge in [0.25, 0.3) is 0 Å². The molecule has 4 rings (SSSR count). The van der Waals surface area contributed by atoms with Crippen LogP contribution in [0.4, 0.5) is 10.2 Å². The number of likely N-dealkylation sites (tertiary alicyclic amines) is 2. The number of benzene rings is 1. The number of hydrogen-bond acceptors (Lipinski definition) is 5. The van der Waals surface area contributed by atoms with Crippen molar-refractivity contribution in [3.05, 3.63) is 41.8 Å². The highest BCUT2D eigenvalue weighted by Gasteiger charge is 2.39. The second kappa shape index (κ2) is 8.49. The Morgan fingerprint density at radius 2 is 1.87 bits per heavy atom. The molecule has 3 heterocycles. The minimum absolute atomic E-state index is 0.0194. The van der Waals surface area contributed by atoms with Crippen molar-refractivity contribution in [2.75, 3.05) is 25.4 Å². The van der Waals surface area contributed by atoms with Crippen LogP contribution in [0.25, 0.3) is 5.69 Å². The zero-order valence-corrected chi connectivity index (χ0v) is 17.5. The molecule has 164 valence electrons. The predicted octanol–water partition coefficient (Wildman–Crippen LogP) is 2.03. The Bertz CT molecular complexity index is 1010. The van der Waals surface area contributed by atoms with E-state index in [1.54, 1.807) is 21.9 Å². The summed E-state index contributed by atoms with van der Waals surface area (Å²) in [6.45, 7) is 3.18. The van der Waals surface area contributed by atoms with E-state index in [0.717, 1.165) is 6.42 Å². The van der Waals surface area contributed by atoms with Crippen LogP contribution in [0.2, 0.25) is 0 Å². The summed E-state index contributed by atoms with van der Waals surface area (Å²) in [7, 11) is 0. The summed E-state index contributed by atoms with van der Waals surface area (Å²) in [5.74, 6) is -0.738. The van der Waals surface area contributed by atoms with Crippen molar-refractivity contribution in [1.82, 2.24) is 19.6 Å². The van der Waals surface area contributed by atoms with E-state index in [0.29, 0.717) is 44.6 Å². The third-order valence-electron chi connectivity index (χ3n) is 6.25. The van der Waals surface area contributed by atoms with Crippen LogP contribution >= 0.6 is 0 Å². The number of nitrogen functional groups attached to an aromatic ring is 1. The number of carbonyl (C=O) groups excluding carboxylic acids is 3. The highest BCUT2D eigenvalue weighted by molar-refractivity contribution is 6.05. The number of rotatable bonds is 4. The van der Waals surface area contributed by atoms with Crippen LogP contribution in [-0.2, 0) is 9.59 Å². The first kappa shape index (κ1) is 21.0. The van der Waals surface area contributed by atoms with Gasteiger partial charge in [0, 0.05) is 32.5 Å². The molecule has 9 heteroatoms. The van der Waals surface area contributed by atoms with E-state index in [2.05, 4.69) is 5.10 Å². The number of Topliss-reactive ketones (excluding diaryl/α,β-unsaturated/α-hetero) is 1. The van der Waals surface area contributed by atoms with Crippen molar-refractivity contribution >= 4 is 23.4 Å². The molecule has 2 fully saturated rings. The molecular weight excluding hydrogens is 401 g/mol. The van der Waals surface area contributed by atoms with Crippen LogP contribution in [-0.4, -0.2) is 62.9 Å². The lowest BCUT2D eigenvalue weighted by atomic mass is 9.94. The number of carbonyl (C=O) groups is 3. The van der Waals surface area contributed by atoms with Gasteiger partial charge in [-0.3, -0.25) is 14.4 Å². The summed E-state index contributed by atoms with van der Waals surface area (Å²) >= 11 is 0. The summed E-state index contributed by atoms with van der Waals surface area (Å²) in [6.07, 6.45) is 3.91. The molecule has 0 bridgehead atoms. The lowest BCUT2D eigenvalue weighted by Crippen LogP contribution is -2.47. The Morgan fingerprint density at radius 3 is 2.55 bits per heavy atom. The SMILES string of the molecule is CC(=O)N1CCC(C(=O)N2CCC[C@H]2C(=O)c2cnn(-c3cccc(F)c3)c2N)CC1. The minimum Gasteiger partial charge on any atom is -0.383 e. The third-order valence-corrected chi connectivity index (χ3v) is 6.25. The van der Waals surface area contributed by atoms with Gasteiger partial charge in [0.1, 0.15) is 11.6 Å². The Balaban J connectivity index is 1.50. The normalized spacial score (nSPS) is 19.6. The molecule has 0 saturated carbocycles. The zero-order chi connectivity index (χ0) is 22.1. The molecule has 1 atom stereocenters. The van der Waals surface area contributed by atoms with Crippen molar-refractivity contribution in [3.8, 4) is 5.69 Å². The van der Waals surface area contributed by atoms with E-state index in [4.69, 9.17) is 5.73 Å². The van der Waals surface area contributed by atoms with Gasteiger partial charge in [0.05, 0.1) is 23.5 Å². The summed E-state index contributed by atoms with van der Waals surface area (Å²) in [6, 6.07) is 5.22. The van der Waals surface area contributed by atoms with Gasteiger partial charge in [-0.1, -0.05) is 6.07 Å². The van der Waals surface area contributed by atoms with Crippen LogP contribution in [0, 0.1) is 11.7 Å². The van der Waals surface area contributed by atoms with Gasteiger partial charge in [-0.25, -0.2) is 9.07 Å². The Kier molecular flexibility index (Phi) is 5.75. The lowest BCUT2D eigenvalue weighted by Gasteiger charge is -2.34. The maximum absolute atomic E-state index is 13.6. The molecule has 2 amide bonds. The Hall–Kier alpha value is -3.23. The number of amides is 2. The van der Waals surface area contributed by atoms with E-state index in [9.17, 15) is 18.8 Å². The average Bonchev–Trinajstić information content (AvgIpc) is 3.40. The number of anilines is 1. The molecule has 0 unspecified atom stereocenters. The first-order valence-electron chi connectivity index (χ1n) is 10.6. The minimum atomic E-state index is -0.578. The molecule has 2 aromatic rings. The van der Waals surface area contributed by atoms with E-state index < -0.39 is 11.9 Å². The summed E-state index contributed by atoms with van der Waals surface area (Å²) < 4.78 is 14.9. The lowest BCUT2D eigenvalue weighted by molar-refractivity contribution is -0.140. The number of halogens is 1. The molecule has 2 N–H and O–H groups in total. The summed E-state index contributed by atoms with van der Waals surface area (Å²) in [4.78, 5) is 41.4. The predicted molar refractivity (Wildman–Crippen MR) is 112 cm³/mol. The number of nitrogens with zero attached hydrogens (tertiary/aromatic N) is 4. The van der Waals surface area contributed by atoms with Gasteiger partial charge in [0.15, 0.2) is 5.78 Å². The number of nitrogens with two attached hydrogens (primary N) is 1. The smallest absolute Gasteiger partial charge is 0.226 e. The summed E-state index contributed by atoms with van der Waals surface area (Å²) in [5.41, 5.74) is 6.84. The second-order valence-electron chi connectivity index (χ2n) is 8.17. The van der Waals surface area contributed by atoms with Gasteiger partial charge in [0.2, 0.25) is 11.8 Å². The van der Waals surface area contributed by atoms with E-state index in [1.165, 1.54) is 29.9 Å². The van der Waals surface area contributed by atoms with Crippen LogP contribution in [0.5, 0.6) is 0 Å². The maximum atomic E-state index is 13.6. The van der Waals surface area contributed by atoms with Crippen LogP contribution in [0.15, 0.2) is 30.5 Å². The van der Waals surface area contributed by atoms with Gasteiger partial charge in [-0.2, -0.15) is 5.10 Å². The average molecular weight is 427 g/mol. The topological polar surface area (TPSA) is 102 Å². The monoisotopic (exact) mass is 427 g/mol. The molecule has 31 heavy (non-hydrogen) atoms. The molecule has 8 nitrogen and oxygen atoms in total. The molecule has 1 aromatic heterocycles. The Labute approximate surface area is 179 Å². The molecule has 0 spiro atoms. The van der Waals surface area contributed by atoms with Crippen LogP contribution in [0.3, 0.4) is 0 Å². The highest BCUT2D eigenvalue weighted by atomic mass is 19.1. The fraction of sp³-hybridized carbons (Fsp3) is 0.455. The number of ketones is 1. The van der Waals surface area contributed by atoms with E-state index in [-0.39, 0.29) is 34.9 Å². The third kappa shape index (κ3) is 4.04. The van der Waals surface area contributed by atoms with Gasteiger partial charge >= 0.3 is 0 Å². The van der Waals surface area contributed by atoms with Crippen molar-refractivity contribution in [2.45, 2.75) is 38.6 Å². The van der Waals surface area contributed by atoms with E-state index in [1.807, 2.05) is 0 Å². The van der Waals surface area contributed by atoms with E-state index >= 15 is 0 Å². The molecule has 1 aromatic carbocycles. The molecule has 0 aliphatic carbocycles. The van der Waals surface area contributed by atoms with Gasteiger partial charge in [-0.15, -0.1) is 0 Å². The molecule has 2 saturated heterocycles.